The standard InChI is InChI=1S/C27H52N4O2/c1-20-18-24(3,4)28-26(7,8)30(20)22(32)16-14-12-11-13-15-17-23(33)31-21(2)19-25(5,6)29-27(31,9)10/h20-21,28-29H,11-19H2,1-10H3. The molecule has 0 aromatic heterocycles. The van der Waals surface area contributed by atoms with Crippen molar-refractivity contribution in [3.05, 3.63) is 0 Å². The van der Waals surface area contributed by atoms with Crippen molar-refractivity contribution in [1.29, 1.82) is 0 Å². The third-order valence-electron chi connectivity index (χ3n) is 7.30. The van der Waals surface area contributed by atoms with Gasteiger partial charge in [0.25, 0.3) is 0 Å². The zero-order valence-electron chi connectivity index (χ0n) is 23.2. The van der Waals surface area contributed by atoms with Gasteiger partial charge < -0.3 is 9.80 Å². The van der Waals surface area contributed by atoms with Crippen LogP contribution in [0.25, 0.3) is 0 Å². The summed E-state index contributed by atoms with van der Waals surface area (Å²) < 4.78 is 0. The highest BCUT2D eigenvalue weighted by atomic mass is 16.2. The van der Waals surface area contributed by atoms with E-state index in [1.165, 1.54) is 0 Å². The van der Waals surface area contributed by atoms with Gasteiger partial charge in [-0.05, 0) is 94.9 Å². The minimum Gasteiger partial charge on any atom is -0.322 e. The van der Waals surface area contributed by atoms with Gasteiger partial charge in [-0.3, -0.25) is 20.2 Å². The fourth-order valence-corrected chi connectivity index (χ4v) is 7.08. The Kier molecular flexibility index (Phi) is 8.71. The summed E-state index contributed by atoms with van der Waals surface area (Å²) in [7, 11) is 0. The lowest BCUT2D eigenvalue weighted by Crippen LogP contribution is -2.70. The van der Waals surface area contributed by atoms with Crippen LogP contribution in [0.5, 0.6) is 0 Å². The number of nitrogens with zero attached hydrogens (tertiary/aromatic N) is 2. The lowest BCUT2D eigenvalue weighted by molar-refractivity contribution is -0.148. The molecule has 2 saturated heterocycles. The Morgan fingerprint density at radius 1 is 0.636 bits per heavy atom. The van der Waals surface area contributed by atoms with Crippen LogP contribution in [0, 0.1) is 0 Å². The summed E-state index contributed by atoms with van der Waals surface area (Å²) in [6.45, 7) is 21.6. The minimum absolute atomic E-state index is 0.0462. The Labute approximate surface area is 203 Å². The van der Waals surface area contributed by atoms with Crippen molar-refractivity contribution in [2.75, 3.05) is 0 Å². The Bertz CT molecular complexity index is 640. The molecule has 33 heavy (non-hydrogen) atoms. The van der Waals surface area contributed by atoms with Gasteiger partial charge in [0.1, 0.15) is 0 Å². The molecule has 2 N–H and O–H groups in total. The van der Waals surface area contributed by atoms with E-state index in [4.69, 9.17) is 0 Å². The predicted octanol–water partition coefficient (Wildman–Crippen LogP) is 5.17. The maximum Gasteiger partial charge on any atom is 0.224 e. The van der Waals surface area contributed by atoms with E-state index in [1.54, 1.807) is 0 Å². The van der Waals surface area contributed by atoms with Crippen molar-refractivity contribution in [2.24, 2.45) is 0 Å². The molecular formula is C27H52N4O2. The smallest absolute Gasteiger partial charge is 0.224 e. The molecule has 0 spiro atoms. The van der Waals surface area contributed by atoms with Crippen LogP contribution in [0.2, 0.25) is 0 Å². The Hall–Kier alpha value is -1.14. The molecule has 2 atom stereocenters. The van der Waals surface area contributed by atoms with Gasteiger partial charge >= 0.3 is 0 Å². The van der Waals surface area contributed by atoms with Crippen LogP contribution in [0.4, 0.5) is 0 Å². The fourth-order valence-electron chi connectivity index (χ4n) is 7.08. The van der Waals surface area contributed by atoms with Crippen LogP contribution in [0.1, 0.15) is 127 Å². The average molecular weight is 465 g/mol. The lowest BCUT2D eigenvalue weighted by atomic mass is 9.87. The van der Waals surface area contributed by atoms with Gasteiger partial charge in [0.15, 0.2) is 0 Å². The van der Waals surface area contributed by atoms with Crippen molar-refractivity contribution in [3.63, 3.8) is 0 Å². The highest BCUT2D eigenvalue weighted by molar-refractivity contribution is 5.78. The molecule has 2 aliphatic heterocycles. The highest BCUT2D eigenvalue weighted by Crippen LogP contribution is 2.32. The van der Waals surface area contributed by atoms with Crippen molar-refractivity contribution in [1.82, 2.24) is 20.4 Å². The molecule has 2 unspecified atom stereocenters. The molecule has 0 saturated carbocycles. The molecule has 192 valence electrons. The molecule has 2 aliphatic rings. The zero-order valence-corrected chi connectivity index (χ0v) is 23.2. The SMILES string of the molecule is CC1CC(C)(C)NC(C)(C)N1C(=O)CCCCCCCC(=O)N1C(C)CC(C)(C)NC1(C)C. The van der Waals surface area contributed by atoms with E-state index in [9.17, 15) is 9.59 Å². The number of rotatable bonds is 8. The van der Waals surface area contributed by atoms with Crippen LogP contribution in [0.3, 0.4) is 0 Å². The van der Waals surface area contributed by atoms with E-state index in [0.717, 1.165) is 44.9 Å². The quantitative estimate of drug-likeness (QED) is 0.487. The number of carbonyl (C=O) groups excluding carboxylic acids is 2. The van der Waals surface area contributed by atoms with E-state index in [0.29, 0.717) is 12.8 Å². The number of nitrogens with one attached hydrogen (secondary N) is 2. The van der Waals surface area contributed by atoms with Crippen LogP contribution in [0.15, 0.2) is 0 Å². The molecule has 2 rings (SSSR count). The minimum atomic E-state index is -0.317. The van der Waals surface area contributed by atoms with E-state index in [-0.39, 0.29) is 46.3 Å². The fraction of sp³-hybridized carbons (Fsp3) is 0.926. The third-order valence-corrected chi connectivity index (χ3v) is 7.30. The van der Waals surface area contributed by atoms with Gasteiger partial charge in [-0.15, -0.1) is 0 Å². The second-order valence-electron chi connectivity index (χ2n) is 13.0. The second kappa shape index (κ2) is 10.2. The summed E-state index contributed by atoms with van der Waals surface area (Å²) in [4.78, 5) is 30.0. The molecule has 2 amide bonds. The van der Waals surface area contributed by atoms with Gasteiger partial charge in [0.05, 0.1) is 11.3 Å². The maximum atomic E-state index is 13.0. The Morgan fingerprint density at radius 3 is 1.24 bits per heavy atom. The summed E-state index contributed by atoms with van der Waals surface area (Å²) in [5, 5.41) is 7.25. The van der Waals surface area contributed by atoms with Crippen LogP contribution < -0.4 is 10.6 Å². The van der Waals surface area contributed by atoms with Crippen LogP contribution in [-0.4, -0.2) is 56.1 Å². The van der Waals surface area contributed by atoms with E-state index in [2.05, 4.69) is 79.9 Å². The normalized spacial score (nSPS) is 27.9. The first kappa shape index (κ1) is 28.1. The number of unbranched alkanes of at least 4 members (excludes halogenated alkanes) is 4. The molecule has 0 bridgehead atoms. The van der Waals surface area contributed by atoms with Gasteiger partial charge in [-0.1, -0.05) is 19.3 Å². The average Bonchev–Trinajstić information content (AvgIpc) is 2.55. The van der Waals surface area contributed by atoms with Crippen LogP contribution >= 0.6 is 0 Å². The zero-order chi connectivity index (χ0) is 25.2. The topological polar surface area (TPSA) is 64.7 Å². The number of amides is 2. The number of hydrogen-bond acceptors (Lipinski definition) is 4. The first-order valence-electron chi connectivity index (χ1n) is 13.2. The summed E-state index contributed by atoms with van der Waals surface area (Å²) in [5.41, 5.74) is -0.542. The van der Waals surface area contributed by atoms with Crippen molar-refractivity contribution in [2.45, 2.75) is 162 Å². The molecule has 0 aromatic carbocycles. The number of hydrogen-bond donors (Lipinski definition) is 2. The molecule has 2 fully saturated rings. The molecule has 0 aliphatic carbocycles. The van der Waals surface area contributed by atoms with E-state index < -0.39 is 0 Å². The monoisotopic (exact) mass is 464 g/mol. The van der Waals surface area contributed by atoms with Crippen molar-refractivity contribution >= 4 is 11.8 Å². The Balaban J connectivity index is 1.69. The molecule has 0 aromatic rings. The molecular weight excluding hydrogens is 412 g/mol. The van der Waals surface area contributed by atoms with Crippen LogP contribution in [-0.2, 0) is 9.59 Å². The lowest BCUT2D eigenvalue weighted by Gasteiger charge is -2.54. The Morgan fingerprint density at radius 2 is 0.939 bits per heavy atom. The highest BCUT2D eigenvalue weighted by Gasteiger charge is 2.45. The second-order valence-corrected chi connectivity index (χ2v) is 13.0. The predicted molar refractivity (Wildman–Crippen MR) is 137 cm³/mol. The van der Waals surface area contributed by atoms with Crippen molar-refractivity contribution < 1.29 is 9.59 Å². The number of carbonyl (C=O) groups is 2. The summed E-state index contributed by atoms with van der Waals surface area (Å²) in [6, 6.07) is 0.493. The van der Waals surface area contributed by atoms with E-state index >= 15 is 0 Å². The molecule has 0 radical (unpaired) electrons. The first-order chi connectivity index (χ1) is 15.0. The summed E-state index contributed by atoms with van der Waals surface area (Å²) >= 11 is 0. The van der Waals surface area contributed by atoms with E-state index in [1.807, 2.05) is 9.80 Å². The first-order valence-corrected chi connectivity index (χ1v) is 13.2. The largest absolute Gasteiger partial charge is 0.322 e. The summed E-state index contributed by atoms with van der Waals surface area (Å²) in [6.07, 6.45) is 8.16. The maximum absolute atomic E-state index is 13.0. The third kappa shape index (κ3) is 7.42. The van der Waals surface area contributed by atoms with Gasteiger partial charge in [-0.2, -0.15) is 0 Å². The van der Waals surface area contributed by atoms with Gasteiger partial charge in [-0.25, -0.2) is 0 Å². The molecule has 6 heteroatoms. The van der Waals surface area contributed by atoms with Gasteiger partial charge in [0, 0.05) is 36.0 Å². The molecule has 2 heterocycles. The van der Waals surface area contributed by atoms with Crippen molar-refractivity contribution in [3.8, 4) is 0 Å². The van der Waals surface area contributed by atoms with Gasteiger partial charge in [0.2, 0.25) is 11.8 Å². The molecule has 6 nitrogen and oxygen atoms in total. The summed E-state index contributed by atoms with van der Waals surface area (Å²) in [5.74, 6) is 0.504.